The van der Waals surface area contributed by atoms with Gasteiger partial charge in [-0.15, -0.1) is 0 Å². The number of rotatable bonds is 6. The number of hydrogen-bond donors (Lipinski definition) is 2. The Labute approximate surface area is 100 Å². The van der Waals surface area contributed by atoms with E-state index in [1.807, 2.05) is 0 Å². The molecule has 0 unspecified atom stereocenters. The van der Waals surface area contributed by atoms with E-state index in [1.54, 1.807) is 14.1 Å². The molecule has 0 rings (SSSR count). The summed E-state index contributed by atoms with van der Waals surface area (Å²) in [7, 11) is 3.29. The number of nitrogens with one attached hydrogen (secondary N) is 1. The van der Waals surface area contributed by atoms with Crippen LogP contribution in [-0.4, -0.2) is 41.9 Å². The minimum atomic E-state index is -1.18. The highest BCUT2D eigenvalue weighted by Crippen LogP contribution is 1.99. The van der Waals surface area contributed by atoms with Crippen molar-refractivity contribution in [2.24, 2.45) is 0 Å². The fourth-order valence-electron chi connectivity index (χ4n) is 1.09. The molecule has 2 amide bonds. The summed E-state index contributed by atoms with van der Waals surface area (Å²) in [6, 6.07) is 0. The van der Waals surface area contributed by atoms with Crippen LogP contribution in [0.2, 0.25) is 0 Å². The second kappa shape index (κ2) is 7.43. The van der Waals surface area contributed by atoms with E-state index in [1.165, 1.54) is 17.9 Å². The molecule has 0 spiro atoms. The van der Waals surface area contributed by atoms with E-state index in [9.17, 15) is 14.4 Å². The van der Waals surface area contributed by atoms with Crippen molar-refractivity contribution in [3.63, 3.8) is 0 Å². The van der Waals surface area contributed by atoms with E-state index in [-0.39, 0.29) is 24.4 Å². The van der Waals surface area contributed by atoms with Gasteiger partial charge in [-0.1, -0.05) is 6.08 Å². The summed E-state index contributed by atoms with van der Waals surface area (Å²) in [6.07, 6.45) is 2.12. The van der Waals surface area contributed by atoms with E-state index < -0.39 is 11.9 Å². The van der Waals surface area contributed by atoms with Gasteiger partial charge in [0.15, 0.2) is 0 Å². The summed E-state index contributed by atoms with van der Waals surface area (Å²) in [4.78, 5) is 34.6. The number of allylic oxidation sites excluding steroid dienone is 1. The third kappa shape index (κ3) is 6.34. The Bertz CT molecular complexity index is 334. The molecule has 0 heterocycles. The molecule has 0 bridgehead atoms. The van der Waals surface area contributed by atoms with Crippen molar-refractivity contribution in [3.8, 4) is 0 Å². The van der Waals surface area contributed by atoms with Gasteiger partial charge in [0.2, 0.25) is 11.8 Å². The van der Waals surface area contributed by atoms with Gasteiger partial charge in [-0.2, -0.15) is 0 Å². The Morgan fingerprint density at radius 3 is 2.24 bits per heavy atom. The molecule has 0 saturated heterocycles. The van der Waals surface area contributed by atoms with Crippen molar-refractivity contribution in [2.75, 3.05) is 14.1 Å². The van der Waals surface area contributed by atoms with Crippen molar-refractivity contribution in [1.82, 2.24) is 10.2 Å². The normalized spacial score (nSPS) is 10.9. The van der Waals surface area contributed by atoms with Crippen LogP contribution in [0.15, 0.2) is 11.8 Å². The van der Waals surface area contributed by atoms with Gasteiger partial charge < -0.3 is 15.3 Å². The quantitative estimate of drug-likeness (QED) is 0.658. The second-order valence-corrected chi connectivity index (χ2v) is 3.70. The molecular weight excluding hydrogens is 224 g/mol. The van der Waals surface area contributed by atoms with Crippen molar-refractivity contribution < 1.29 is 19.5 Å². The SMILES string of the molecule is C/C=C(\NC(=O)CCCC(=O)N(C)C)C(=O)O. The number of hydrogen-bond acceptors (Lipinski definition) is 3. The lowest BCUT2D eigenvalue weighted by atomic mass is 10.2. The van der Waals surface area contributed by atoms with Gasteiger partial charge in [0.05, 0.1) is 0 Å². The third-order valence-electron chi connectivity index (χ3n) is 2.09. The highest BCUT2D eigenvalue weighted by molar-refractivity contribution is 5.92. The van der Waals surface area contributed by atoms with Gasteiger partial charge in [-0.3, -0.25) is 9.59 Å². The molecule has 0 aliphatic heterocycles. The highest BCUT2D eigenvalue weighted by Gasteiger charge is 2.11. The van der Waals surface area contributed by atoms with Crippen LogP contribution in [0.3, 0.4) is 0 Å². The molecule has 0 aromatic rings. The fraction of sp³-hybridized carbons (Fsp3) is 0.545. The molecule has 0 aromatic heterocycles. The van der Waals surface area contributed by atoms with E-state index >= 15 is 0 Å². The van der Waals surface area contributed by atoms with E-state index in [0.29, 0.717) is 6.42 Å². The summed E-state index contributed by atoms with van der Waals surface area (Å²) in [5.41, 5.74) is -0.145. The smallest absolute Gasteiger partial charge is 0.352 e. The molecule has 0 aliphatic rings. The number of carboxylic acid groups (broad SMARTS) is 1. The maximum Gasteiger partial charge on any atom is 0.352 e. The van der Waals surface area contributed by atoms with E-state index in [2.05, 4.69) is 5.32 Å². The lowest BCUT2D eigenvalue weighted by Crippen LogP contribution is -2.27. The first-order valence-corrected chi connectivity index (χ1v) is 5.28. The zero-order valence-electron chi connectivity index (χ0n) is 10.3. The molecule has 0 fully saturated rings. The van der Waals surface area contributed by atoms with Crippen LogP contribution in [0.5, 0.6) is 0 Å². The topological polar surface area (TPSA) is 86.7 Å². The second-order valence-electron chi connectivity index (χ2n) is 3.70. The first kappa shape index (κ1) is 15.2. The monoisotopic (exact) mass is 242 g/mol. The molecule has 0 saturated carbocycles. The van der Waals surface area contributed by atoms with Crippen LogP contribution in [0, 0.1) is 0 Å². The molecule has 0 radical (unpaired) electrons. The Morgan fingerprint density at radius 2 is 1.82 bits per heavy atom. The summed E-state index contributed by atoms with van der Waals surface area (Å²) in [5.74, 6) is -1.63. The zero-order chi connectivity index (χ0) is 13.4. The number of amides is 2. The molecule has 96 valence electrons. The molecule has 0 aliphatic carbocycles. The van der Waals surface area contributed by atoms with Crippen LogP contribution >= 0.6 is 0 Å². The van der Waals surface area contributed by atoms with Crippen molar-refractivity contribution in [2.45, 2.75) is 26.2 Å². The Kier molecular flexibility index (Phi) is 6.62. The number of carbonyl (C=O) groups is 3. The molecule has 0 atom stereocenters. The number of nitrogens with zero attached hydrogens (tertiary/aromatic N) is 1. The van der Waals surface area contributed by atoms with Crippen LogP contribution in [0.4, 0.5) is 0 Å². The predicted molar refractivity (Wildman–Crippen MR) is 62.1 cm³/mol. The van der Waals surface area contributed by atoms with Crippen molar-refractivity contribution in [3.05, 3.63) is 11.8 Å². The molecule has 6 nitrogen and oxygen atoms in total. The van der Waals surface area contributed by atoms with Gasteiger partial charge in [0, 0.05) is 26.9 Å². The van der Waals surface area contributed by atoms with Gasteiger partial charge in [-0.05, 0) is 13.3 Å². The van der Waals surface area contributed by atoms with Gasteiger partial charge >= 0.3 is 5.97 Å². The Balaban J connectivity index is 3.97. The standard InChI is InChI=1S/C11H18N2O4/c1-4-8(11(16)17)12-9(14)6-5-7-10(15)13(2)3/h4H,5-7H2,1-3H3,(H,12,14)(H,16,17)/b8-4-. The largest absolute Gasteiger partial charge is 0.477 e. The Hall–Kier alpha value is -1.85. The van der Waals surface area contributed by atoms with Crippen LogP contribution in [0.25, 0.3) is 0 Å². The molecule has 17 heavy (non-hydrogen) atoms. The first-order valence-electron chi connectivity index (χ1n) is 5.28. The fourth-order valence-corrected chi connectivity index (χ4v) is 1.09. The minimum absolute atomic E-state index is 0.0534. The third-order valence-corrected chi connectivity index (χ3v) is 2.09. The van der Waals surface area contributed by atoms with Gasteiger partial charge in [-0.25, -0.2) is 4.79 Å². The average Bonchev–Trinajstić information content (AvgIpc) is 2.25. The summed E-state index contributed by atoms with van der Waals surface area (Å²) in [5, 5.41) is 10.9. The zero-order valence-corrected chi connectivity index (χ0v) is 10.3. The average molecular weight is 242 g/mol. The lowest BCUT2D eigenvalue weighted by molar-refractivity contribution is -0.135. The molecule has 0 aromatic carbocycles. The van der Waals surface area contributed by atoms with Crippen LogP contribution < -0.4 is 5.32 Å². The molecular formula is C11H18N2O4. The van der Waals surface area contributed by atoms with Crippen molar-refractivity contribution >= 4 is 17.8 Å². The Morgan fingerprint density at radius 1 is 1.24 bits per heavy atom. The lowest BCUT2D eigenvalue weighted by Gasteiger charge is -2.09. The van der Waals surface area contributed by atoms with Crippen LogP contribution in [-0.2, 0) is 14.4 Å². The van der Waals surface area contributed by atoms with Gasteiger partial charge in [0.1, 0.15) is 5.70 Å². The maximum absolute atomic E-state index is 11.3. The number of carboxylic acids is 1. The summed E-state index contributed by atoms with van der Waals surface area (Å²) < 4.78 is 0. The number of aliphatic carboxylic acids is 1. The van der Waals surface area contributed by atoms with Crippen molar-refractivity contribution in [1.29, 1.82) is 0 Å². The van der Waals surface area contributed by atoms with Gasteiger partial charge in [0.25, 0.3) is 0 Å². The maximum atomic E-state index is 11.3. The predicted octanol–water partition coefficient (Wildman–Crippen LogP) is 0.350. The summed E-state index contributed by atoms with van der Waals surface area (Å²) >= 11 is 0. The highest BCUT2D eigenvalue weighted by atomic mass is 16.4. The molecule has 2 N–H and O–H groups in total. The minimum Gasteiger partial charge on any atom is -0.477 e. The number of carbonyl (C=O) groups excluding carboxylic acids is 2. The molecule has 6 heteroatoms. The van der Waals surface area contributed by atoms with Crippen LogP contribution in [0.1, 0.15) is 26.2 Å². The summed E-state index contributed by atoms with van der Waals surface area (Å²) in [6.45, 7) is 1.53. The first-order chi connectivity index (χ1) is 7.88. The van der Waals surface area contributed by atoms with E-state index in [0.717, 1.165) is 0 Å². The van der Waals surface area contributed by atoms with E-state index in [4.69, 9.17) is 5.11 Å².